The van der Waals surface area contributed by atoms with E-state index < -0.39 is 9.84 Å². The molecule has 0 aliphatic carbocycles. The fourth-order valence-electron chi connectivity index (χ4n) is 1.67. The predicted molar refractivity (Wildman–Crippen MR) is 72.3 cm³/mol. The highest BCUT2D eigenvalue weighted by Crippen LogP contribution is 2.23. The van der Waals surface area contributed by atoms with Crippen molar-refractivity contribution in [2.24, 2.45) is 0 Å². The van der Waals surface area contributed by atoms with Crippen LogP contribution in [0.5, 0.6) is 0 Å². The van der Waals surface area contributed by atoms with Gasteiger partial charge in [-0.15, -0.1) is 11.3 Å². The van der Waals surface area contributed by atoms with E-state index in [4.69, 9.17) is 5.11 Å². The average Bonchev–Trinajstić information content (AvgIpc) is 2.76. The van der Waals surface area contributed by atoms with Crippen LogP contribution in [0.2, 0.25) is 0 Å². The summed E-state index contributed by atoms with van der Waals surface area (Å²) in [5, 5.41) is 10.9. The zero-order valence-corrected chi connectivity index (χ0v) is 11.6. The Kier molecular flexibility index (Phi) is 3.85. The Bertz CT molecular complexity index is 625. The Balaban J connectivity index is 2.30. The Labute approximate surface area is 111 Å². The summed E-state index contributed by atoms with van der Waals surface area (Å²) in [4.78, 5) is 1.04. The maximum Gasteiger partial charge on any atom is 0.182 e. The van der Waals surface area contributed by atoms with Crippen molar-refractivity contribution in [1.29, 1.82) is 0 Å². The standard InChI is InChI=1S/C13H14O3S2/c1-10-2-4-12(5-3-10)18(15,16)9-11-6-7-17-13(11)8-14/h2-7,14H,8-9H2,1H3. The number of hydrogen-bond acceptors (Lipinski definition) is 4. The third kappa shape index (κ3) is 2.80. The third-order valence-corrected chi connectivity index (χ3v) is 5.34. The van der Waals surface area contributed by atoms with Gasteiger partial charge in [-0.2, -0.15) is 0 Å². The summed E-state index contributed by atoms with van der Waals surface area (Å²) in [6.07, 6.45) is 0. The number of aliphatic hydroxyl groups is 1. The van der Waals surface area contributed by atoms with Gasteiger partial charge in [0.25, 0.3) is 0 Å². The van der Waals surface area contributed by atoms with E-state index in [1.807, 2.05) is 6.92 Å². The van der Waals surface area contributed by atoms with Crippen LogP contribution in [0.1, 0.15) is 16.0 Å². The van der Waals surface area contributed by atoms with Gasteiger partial charge < -0.3 is 5.11 Å². The van der Waals surface area contributed by atoms with E-state index in [9.17, 15) is 8.42 Å². The van der Waals surface area contributed by atoms with Crippen LogP contribution in [0.15, 0.2) is 40.6 Å². The van der Waals surface area contributed by atoms with Crippen molar-refractivity contribution in [2.45, 2.75) is 24.2 Å². The fraction of sp³-hybridized carbons (Fsp3) is 0.231. The highest BCUT2D eigenvalue weighted by Gasteiger charge is 2.17. The Hall–Kier alpha value is -1.17. The Morgan fingerprint density at radius 3 is 2.44 bits per heavy atom. The van der Waals surface area contributed by atoms with Crippen molar-refractivity contribution < 1.29 is 13.5 Å². The maximum atomic E-state index is 12.2. The van der Waals surface area contributed by atoms with Gasteiger partial charge in [-0.1, -0.05) is 17.7 Å². The molecule has 3 nitrogen and oxygen atoms in total. The zero-order chi connectivity index (χ0) is 13.2. The molecule has 0 spiro atoms. The zero-order valence-electron chi connectivity index (χ0n) is 9.96. The molecule has 2 rings (SSSR count). The molecule has 0 atom stereocenters. The van der Waals surface area contributed by atoms with Crippen LogP contribution in [-0.4, -0.2) is 13.5 Å². The van der Waals surface area contributed by atoms with Crippen LogP contribution in [0.3, 0.4) is 0 Å². The number of thiophene rings is 1. The van der Waals surface area contributed by atoms with Gasteiger partial charge in [-0.3, -0.25) is 0 Å². The number of benzene rings is 1. The molecule has 0 aliphatic heterocycles. The minimum Gasteiger partial charge on any atom is -0.391 e. The Morgan fingerprint density at radius 2 is 1.83 bits per heavy atom. The monoisotopic (exact) mass is 282 g/mol. The van der Waals surface area contributed by atoms with Crippen molar-refractivity contribution >= 4 is 21.2 Å². The molecular weight excluding hydrogens is 268 g/mol. The molecule has 1 heterocycles. The first-order valence-corrected chi connectivity index (χ1v) is 8.01. The van der Waals surface area contributed by atoms with Crippen LogP contribution in [0.4, 0.5) is 0 Å². The third-order valence-electron chi connectivity index (χ3n) is 2.71. The first-order valence-electron chi connectivity index (χ1n) is 5.48. The van der Waals surface area contributed by atoms with Gasteiger partial charge in [0.2, 0.25) is 0 Å². The Morgan fingerprint density at radius 1 is 1.17 bits per heavy atom. The molecule has 2 aromatic rings. The summed E-state index contributed by atoms with van der Waals surface area (Å²) in [6, 6.07) is 8.56. The summed E-state index contributed by atoms with van der Waals surface area (Å²) < 4.78 is 24.4. The molecule has 18 heavy (non-hydrogen) atoms. The summed E-state index contributed by atoms with van der Waals surface area (Å²) in [5.41, 5.74) is 1.71. The summed E-state index contributed by atoms with van der Waals surface area (Å²) in [5.74, 6) is -0.0601. The topological polar surface area (TPSA) is 54.4 Å². The number of aryl methyl sites for hydroxylation is 1. The highest BCUT2D eigenvalue weighted by molar-refractivity contribution is 7.90. The van der Waals surface area contributed by atoms with Crippen LogP contribution in [0.25, 0.3) is 0 Å². The summed E-state index contributed by atoms with van der Waals surface area (Å²) in [6.45, 7) is 1.80. The molecule has 0 amide bonds. The molecular formula is C13H14O3S2. The second-order valence-electron chi connectivity index (χ2n) is 4.10. The first-order chi connectivity index (χ1) is 8.53. The molecule has 0 bridgehead atoms. The summed E-state index contributed by atoms with van der Waals surface area (Å²) in [7, 11) is -3.34. The fourth-order valence-corrected chi connectivity index (χ4v) is 3.92. The van der Waals surface area contributed by atoms with E-state index in [0.717, 1.165) is 5.56 Å². The van der Waals surface area contributed by atoms with E-state index in [-0.39, 0.29) is 12.4 Å². The van der Waals surface area contributed by atoms with Gasteiger partial charge in [0.1, 0.15) is 0 Å². The SMILES string of the molecule is Cc1ccc(S(=O)(=O)Cc2ccsc2CO)cc1. The van der Waals surface area contributed by atoms with E-state index in [1.54, 1.807) is 35.7 Å². The maximum absolute atomic E-state index is 12.2. The van der Waals surface area contributed by atoms with Crippen LogP contribution >= 0.6 is 11.3 Å². The molecule has 0 radical (unpaired) electrons. The molecule has 0 unspecified atom stereocenters. The average molecular weight is 282 g/mol. The molecule has 0 fully saturated rings. The van der Waals surface area contributed by atoms with E-state index in [1.165, 1.54) is 11.3 Å². The molecule has 96 valence electrons. The van der Waals surface area contributed by atoms with Gasteiger partial charge in [0.15, 0.2) is 9.84 Å². The van der Waals surface area contributed by atoms with E-state index >= 15 is 0 Å². The van der Waals surface area contributed by atoms with Gasteiger partial charge in [0.05, 0.1) is 17.3 Å². The summed E-state index contributed by atoms with van der Waals surface area (Å²) >= 11 is 1.37. The van der Waals surface area contributed by atoms with Gasteiger partial charge in [-0.25, -0.2) is 8.42 Å². The minimum atomic E-state index is -3.34. The van der Waals surface area contributed by atoms with Crippen molar-refractivity contribution in [3.05, 3.63) is 51.7 Å². The number of hydrogen-bond donors (Lipinski definition) is 1. The molecule has 1 aromatic carbocycles. The van der Waals surface area contributed by atoms with Crippen molar-refractivity contribution in [2.75, 3.05) is 0 Å². The lowest BCUT2D eigenvalue weighted by Gasteiger charge is -2.05. The van der Waals surface area contributed by atoms with Gasteiger partial charge in [-0.05, 0) is 36.1 Å². The molecule has 1 N–H and O–H groups in total. The van der Waals surface area contributed by atoms with Crippen LogP contribution in [0, 0.1) is 6.92 Å². The molecule has 5 heteroatoms. The van der Waals surface area contributed by atoms with Crippen molar-refractivity contribution in [3.8, 4) is 0 Å². The molecule has 1 aromatic heterocycles. The lowest BCUT2D eigenvalue weighted by molar-refractivity contribution is 0.285. The molecule has 0 aliphatic rings. The van der Waals surface area contributed by atoms with Crippen molar-refractivity contribution in [1.82, 2.24) is 0 Å². The van der Waals surface area contributed by atoms with E-state index in [2.05, 4.69) is 0 Å². The van der Waals surface area contributed by atoms with Crippen molar-refractivity contribution in [3.63, 3.8) is 0 Å². The second-order valence-corrected chi connectivity index (χ2v) is 7.09. The molecule has 0 saturated carbocycles. The number of sulfone groups is 1. The first kappa shape index (κ1) is 13.3. The smallest absolute Gasteiger partial charge is 0.182 e. The lowest BCUT2D eigenvalue weighted by atomic mass is 10.2. The second kappa shape index (κ2) is 5.22. The molecule has 0 saturated heterocycles. The van der Waals surface area contributed by atoms with Gasteiger partial charge in [0, 0.05) is 4.88 Å². The normalized spacial score (nSPS) is 11.7. The lowest BCUT2D eigenvalue weighted by Crippen LogP contribution is -2.05. The minimum absolute atomic E-state index is 0.0601. The van der Waals surface area contributed by atoms with Crippen LogP contribution in [-0.2, 0) is 22.2 Å². The predicted octanol–water partition coefficient (Wildman–Crippen LogP) is 2.52. The van der Waals surface area contributed by atoms with E-state index in [0.29, 0.717) is 15.3 Å². The van der Waals surface area contributed by atoms with Gasteiger partial charge >= 0.3 is 0 Å². The number of rotatable bonds is 4. The number of aliphatic hydroxyl groups excluding tert-OH is 1. The largest absolute Gasteiger partial charge is 0.391 e. The van der Waals surface area contributed by atoms with Crippen LogP contribution < -0.4 is 0 Å². The highest BCUT2D eigenvalue weighted by atomic mass is 32.2. The quantitative estimate of drug-likeness (QED) is 0.937.